The molecule has 20 heavy (non-hydrogen) atoms. The average Bonchev–Trinajstić information content (AvgIpc) is 2.27. The van der Waals surface area contributed by atoms with E-state index in [2.05, 4.69) is 20.8 Å². The number of carbonyl (C=O) groups is 1. The molecule has 118 valence electrons. The summed E-state index contributed by atoms with van der Waals surface area (Å²) in [5, 5.41) is 10.3. The molecule has 4 nitrogen and oxygen atoms in total. The number of carboxylic acids is 1. The standard InChI is InChI=1S/C16H28O3.H3N/c1-13(10-7-11-16(3,4)19-5)8-6-9-14(2)12-15(17)18;/h6,9,12-13H,7-8,10-11H2,1-5H3,(H,17,18);1H3/b9-6+,14-12+;. The van der Waals surface area contributed by atoms with Crippen molar-refractivity contribution in [3.8, 4) is 0 Å². The Balaban J connectivity index is 0. The maximum atomic E-state index is 10.3. The lowest BCUT2D eigenvalue weighted by atomic mass is 9.95. The topological polar surface area (TPSA) is 85.9 Å². The van der Waals surface area contributed by atoms with Crippen LogP contribution in [0.2, 0.25) is 0 Å². The van der Waals surface area contributed by atoms with E-state index in [1.165, 1.54) is 0 Å². The van der Waals surface area contributed by atoms with E-state index in [0.29, 0.717) is 11.5 Å². The van der Waals surface area contributed by atoms with Crippen LogP contribution in [0.25, 0.3) is 0 Å². The third-order valence-electron chi connectivity index (χ3n) is 3.29. The van der Waals surface area contributed by atoms with Crippen molar-refractivity contribution < 1.29 is 14.6 Å². The summed E-state index contributed by atoms with van der Waals surface area (Å²) in [5.41, 5.74) is 0.677. The number of quaternary nitrogens is 1. The van der Waals surface area contributed by atoms with Crippen LogP contribution in [-0.4, -0.2) is 18.7 Å². The molecule has 1 unspecified atom stereocenters. The van der Waals surface area contributed by atoms with E-state index in [9.17, 15) is 9.90 Å². The van der Waals surface area contributed by atoms with E-state index in [4.69, 9.17) is 4.74 Å². The first kappa shape index (κ1) is 21.2. The monoisotopic (exact) mass is 285 g/mol. The van der Waals surface area contributed by atoms with Gasteiger partial charge in [-0.15, -0.1) is 0 Å². The molecule has 0 amide bonds. The van der Waals surface area contributed by atoms with Crippen molar-refractivity contribution in [3.05, 3.63) is 23.8 Å². The van der Waals surface area contributed by atoms with Crippen LogP contribution < -0.4 is 11.3 Å². The molecule has 0 rings (SSSR count). The smallest absolute Gasteiger partial charge is 0.0645 e. The highest BCUT2D eigenvalue weighted by Crippen LogP contribution is 2.20. The van der Waals surface area contributed by atoms with E-state index < -0.39 is 5.97 Å². The van der Waals surface area contributed by atoms with Crippen molar-refractivity contribution in [2.45, 2.75) is 59.0 Å². The number of aliphatic carboxylic acids is 1. The predicted octanol–water partition coefficient (Wildman–Crippen LogP) is 3.24. The molecule has 4 N–H and O–H groups in total. The Hall–Kier alpha value is -1.13. The molecule has 0 saturated carbocycles. The lowest BCUT2D eigenvalue weighted by Gasteiger charge is -2.23. The van der Waals surface area contributed by atoms with Gasteiger partial charge in [0, 0.05) is 7.11 Å². The fraction of sp³-hybridized carbons (Fsp3) is 0.688. The zero-order valence-electron chi connectivity index (χ0n) is 13.9. The molecule has 0 aliphatic heterocycles. The Bertz CT molecular complexity index is 333. The summed E-state index contributed by atoms with van der Waals surface area (Å²) < 4.78 is 5.39. The molecule has 4 heteroatoms. The second-order valence-electron chi connectivity index (χ2n) is 5.81. The van der Waals surface area contributed by atoms with Crippen LogP contribution in [0, 0.1) is 5.92 Å². The fourth-order valence-corrected chi connectivity index (χ4v) is 1.82. The van der Waals surface area contributed by atoms with Crippen LogP contribution in [0.3, 0.4) is 0 Å². The molecule has 0 heterocycles. The van der Waals surface area contributed by atoms with E-state index >= 15 is 0 Å². The summed E-state index contributed by atoms with van der Waals surface area (Å²) in [6.45, 7) is 8.18. The van der Waals surface area contributed by atoms with Gasteiger partial charge < -0.3 is 20.8 Å². The van der Waals surface area contributed by atoms with E-state index in [-0.39, 0.29) is 11.8 Å². The minimum Gasteiger partial charge on any atom is -0.545 e. The van der Waals surface area contributed by atoms with Crippen LogP contribution in [-0.2, 0) is 9.53 Å². The van der Waals surface area contributed by atoms with Crippen LogP contribution >= 0.6 is 0 Å². The lowest BCUT2D eigenvalue weighted by molar-refractivity contribution is -0.297. The Morgan fingerprint density at radius 1 is 1.40 bits per heavy atom. The first-order valence-corrected chi connectivity index (χ1v) is 6.88. The van der Waals surface area contributed by atoms with Gasteiger partial charge in [0.05, 0.1) is 11.6 Å². The van der Waals surface area contributed by atoms with Crippen molar-refractivity contribution >= 4 is 5.97 Å². The van der Waals surface area contributed by atoms with Gasteiger partial charge in [0.25, 0.3) is 0 Å². The average molecular weight is 285 g/mol. The summed E-state index contributed by atoms with van der Waals surface area (Å²) in [4.78, 5) is 10.3. The number of carboxylic acid groups (broad SMARTS) is 1. The third-order valence-corrected chi connectivity index (χ3v) is 3.29. The van der Waals surface area contributed by atoms with Gasteiger partial charge in [0.1, 0.15) is 0 Å². The molecular weight excluding hydrogens is 254 g/mol. The molecule has 0 aromatic carbocycles. The minimum absolute atomic E-state index is 0. The Kier molecular flexibility index (Phi) is 11.3. The maximum absolute atomic E-state index is 10.3. The van der Waals surface area contributed by atoms with E-state index in [1.54, 1.807) is 14.0 Å². The first-order valence-electron chi connectivity index (χ1n) is 6.88. The van der Waals surface area contributed by atoms with Crippen molar-refractivity contribution in [3.63, 3.8) is 0 Å². The molecule has 0 aliphatic rings. The van der Waals surface area contributed by atoms with Gasteiger partial charge in [0.15, 0.2) is 0 Å². The summed E-state index contributed by atoms with van der Waals surface area (Å²) in [6, 6.07) is 0. The SMILES string of the molecule is COC(C)(C)CCCC(C)C/C=C/C(C)=C/C(=O)[O-].[NH4+]. The molecule has 0 aromatic rings. The number of allylic oxidation sites excluding steroid dienone is 3. The fourth-order valence-electron chi connectivity index (χ4n) is 1.82. The quantitative estimate of drug-likeness (QED) is 0.521. The molecule has 0 aliphatic carbocycles. The minimum atomic E-state index is -1.14. The third kappa shape index (κ3) is 11.9. The van der Waals surface area contributed by atoms with E-state index in [1.807, 2.05) is 12.2 Å². The molecule has 0 bridgehead atoms. The van der Waals surface area contributed by atoms with Gasteiger partial charge in [-0.25, -0.2) is 0 Å². The van der Waals surface area contributed by atoms with Crippen molar-refractivity contribution in [2.24, 2.45) is 5.92 Å². The number of carbonyl (C=O) groups excluding carboxylic acids is 1. The summed E-state index contributed by atoms with van der Waals surface area (Å²) in [5.74, 6) is -0.545. The highest BCUT2D eigenvalue weighted by atomic mass is 16.5. The van der Waals surface area contributed by atoms with Gasteiger partial charge in [-0.1, -0.05) is 31.9 Å². The van der Waals surface area contributed by atoms with Gasteiger partial charge in [-0.3, -0.25) is 0 Å². The summed E-state index contributed by atoms with van der Waals surface area (Å²) in [7, 11) is 1.75. The number of rotatable bonds is 9. The Labute approximate surface area is 123 Å². The number of ether oxygens (including phenoxy) is 1. The molecule has 0 aromatic heterocycles. The molecule has 0 saturated heterocycles. The molecular formula is C16H31NO3. The van der Waals surface area contributed by atoms with Gasteiger partial charge in [0.2, 0.25) is 0 Å². The maximum Gasteiger partial charge on any atom is 0.0645 e. The van der Waals surface area contributed by atoms with Crippen LogP contribution in [0.15, 0.2) is 23.8 Å². The Morgan fingerprint density at radius 2 is 2.00 bits per heavy atom. The van der Waals surface area contributed by atoms with Gasteiger partial charge in [-0.2, -0.15) is 0 Å². The predicted molar refractivity (Wildman–Crippen MR) is 82.6 cm³/mol. The lowest BCUT2D eigenvalue weighted by Crippen LogP contribution is -2.22. The van der Waals surface area contributed by atoms with E-state index in [0.717, 1.165) is 31.8 Å². The largest absolute Gasteiger partial charge is 0.545 e. The Morgan fingerprint density at radius 3 is 2.50 bits per heavy atom. The van der Waals surface area contributed by atoms with Crippen molar-refractivity contribution in [2.75, 3.05) is 7.11 Å². The highest BCUT2D eigenvalue weighted by molar-refractivity contribution is 5.79. The normalized spacial score (nSPS) is 14.2. The highest BCUT2D eigenvalue weighted by Gasteiger charge is 2.15. The van der Waals surface area contributed by atoms with Crippen LogP contribution in [0.5, 0.6) is 0 Å². The van der Waals surface area contributed by atoms with Crippen LogP contribution in [0.4, 0.5) is 0 Å². The number of hydrogen-bond donors (Lipinski definition) is 1. The van der Waals surface area contributed by atoms with Gasteiger partial charge >= 0.3 is 0 Å². The second-order valence-corrected chi connectivity index (χ2v) is 5.81. The van der Waals surface area contributed by atoms with Crippen molar-refractivity contribution in [1.82, 2.24) is 6.15 Å². The molecule has 0 spiro atoms. The number of methoxy groups -OCH3 is 1. The summed E-state index contributed by atoms with van der Waals surface area (Å²) >= 11 is 0. The number of hydrogen-bond acceptors (Lipinski definition) is 3. The van der Waals surface area contributed by atoms with Gasteiger partial charge in [-0.05, 0) is 51.2 Å². The summed E-state index contributed by atoms with van der Waals surface area (Å²) in [6.07, 6.45) is 9.30. The van der Waals surface area contributed by atoms with Crippen molar-refractivity contribution in [1.29, 1.82) is 0 Å². The molecule has 0 fully saturated rings. The zero-order valence-corrected chi connectivity index (χ0v) is 13.9. The molecule has 1 atom stereocenters. The first-order chi connectivity index (χ1) is 8.76. The zero-order chi connectivity index (χ0) is 14.9. The second kappa shape index (κ2) is 10.6. The van der Waals surface area contributed by atoms with Crippen LogP contribution in [0.1, 0.15) is 53.4 Å². The molecule has 0 radical (unpaired) electrons.